The van der Waals surface area contributed by atoms with Gasteiger partial charge in [0, 0.05) is 44.7 Å². The van der Waals surface area contributed by atoms with E-state index in [1.54, 1.807) is 6.20 Å². The highest BCUT2D eigenvalue weighted by atomic mass is 16.1. The fourth-order valence-electron chi connectivity index (χ4n) is 1.45. The molecule has 0 saturated heterocycles. The first-order valence-corrected chi connectivity index (χ1v) is 5.02. The van der Waals surface area contributed by atoms with E-state index in [-0.39, 0.29) is 5.78 Å². The molecule has 2 rings (SSSR count). The fraction of sp³-hybridized carbons (Fsp3) is 0.273. The maximum absolute atomic E-state index is 11.7. The number of imidazole rings is 1. The van der Waals surface area contributed by atoms with Gasteiger partial charge in [0.1, 0.15) is 12.2 Å². The molecule has 0 N–H and O–H groups in total. The first-order valence-electron chi connectivity index (χ1n) is 5.02. The second kappa shape index (κ2) is 4.65. The molecule has 0 spiro atoms. The maximum atomic E-state index is 11.7. The van der Waals surface area contributed by atoms with Crippen LogP contribution in [-0.2, 0) is 13.5 Å². The van der Waals surface area contributed by atoms with Crippen LogP contribution in [0.3, 0.4) is 0 Å². The summed E-state index contributed by atoms with van der Waals surface area (Å²) in [5, 5.41) is 0. The van der Waals surface area contributed by atoms with Gasteiger partial charge in [0.2, 0.25) is 0 Å². The first kappa shape index (κ1) is 10.5. The van der Waals surface area contributed by atoms with Crippen molar-refractivity contribution in [3.8, 4) is 0 Å². The van der Waals surface area contributed by atoms with Crippen molar-refractivity contribution >= 4 is 5.78 Å². The predicted molar refractivity (Wildman–Crippen MR) is 57.9 cm³/mol. The first-order chi connectivity index (χ1) is 7.77. The number of hydrogen-bond donors (Lipinski definition) is 0. The van der Waals surface area contributed by atoms with Crippen LogP contribution in [0.1, 0.15) is 22.6 Å². The van der Waals surface area contributed by atoms with Crippen LogP contribution in [-0.4, -0.2) is 25.3 Å². The van der Waals surface area contributed by atoms with E-state index in [4.69, 9.17) is 0 Å². The van der Waals surface area contributed by atoms with Crippen LogP contribution in [0.5, 0.6) is 0 Å². The summed E-state index contributed by atoms with van der Waals surface area (Å²) in [5.41, 5.74) is 0.553. The topological polar surface area (TPSA) is 60.7 Å². The van der Waals surface area contributed by atoms with Crippen molar-refractivity contribution in [1.82, 2.24) is 19.5 Å². The lowest BCUT2D eigenvalue weighted by Crippen LogP contribution is -2.05. The van der Waals surface area contributed by atoms with E-state index in [2.05, 4.69) is 15.0 Å². The molecule has 0 radical (unpaired) electrons. The number of aromatic nitrogens is 4. The molecule has 5 nitrogen and oxygen atoms in total. The molecule has 16 heavy (non-hydrogen) atoms. The van der Waals surface area contributed by atoms with E-state index in [9.17, 15) is 4.79 Å². The van der Waals surface area contributed by atoms with Crippen LogP contribution in [0, 0.1) is 0 Å². The van der Waals surface area contributed by atoms with Crippen LogP contribution in [0.2, 0.25) is 0 Å². The van der Waals surface area contributed by atoms with Gasteiger partial charge in [-0.05, 0) is 0 Å². The highest BCUT2D eigenvalue weighted by Gasteiger charge is 2.08. The minimum atomic E-state index is 0.0450. The summed E-state index contributed by atoms with van der Waals surface area (Å²) < 4.78 is 1.91. The van der Waals surface area contributed by atoms with E-state index >= 15 is 0 Å². The molecule has 0 saturated carbocycles. The second-order valence-corrected chi connectivity index (χ2v) is 3.50. The number of Topliss-reactive ketones (excluding diaryl/α,β-unsaturated/α-hetero) is 1. The Labute approximate surface area is 93.2 Å². The molecule has 0 aliphatic heterocycles. The number of carbonyl (C=O) groups is 1. The lowest BCUT2D eigenvalue weighted by Gasteiger charge is -2.01. The fourth-order valence-corrected chi connectivity index (χ4v) is 1.45. The van der Waals surface area contributed by atoms with Gasteiger partial charge in [0.25, 0.3) is 0 Å². The van der Waals surface area contributed by atoms with Crippen LogP contribution < -0.4 is 0 Å². The largest absolute Gasteiger partial charge is 0.338 e. The lowest BCUT2D eigenvalue weighted by molar-refractivity contribution is 0.0981. The lowest BCUT2D eigenvalue weighted by atomic mass is 10.1. The zero-order valence-corrected chi connectivity index (χ0v) is 9.00. The highest BCUT2D eigenvalue weighted by Crippen LogP contribution is 2.04. The molecule has 5 heteroatoms. The van der Waals surface area contributed by atoms with Gasteiger partial charge in [-0.2, -0.15) is 0 Å². The molecular formula is C11H12N4O. The van der Waals surface area contributed by atoms with Crippen molar-refractivity contribution in [2.45, 2.75) is 12.8 Å². The Hall–Kier alpha value is -2.04. The van der Waals surface area contributed by atoms with Gasteiger partial charge in [-0.15, -0.1) is 0 Å². The average molecular weight is 216 g/mol. The molecular weight excluding hydrogens is 204 g/mol. The van der Waals surface area contributed by atoms with Gasteiger partial charge in [0.05, 0.1) is 5.56 Å². The van der Waals surface area contributed by atoms with E-state index in [1.165, 1.54) is 18.7 Å². The van der Waals surface area contributed by atoms with Crippen LogP contribution >= 0.6 is 0 Å². The monoisotopic (exact) mass is 216 g/mol. The van der Waals surface area contributed by atoms with Crippen molar-refractivity contribution < 1.29 is 4.79 Å². The number of nitrogens with zero attached hydrogens (tertiary/aromatic N) is 4. The molecule has 0 bridgehead atoms. The molecule has 0 aromatic carbocycles. The molecule has 0 fully saturated rings. The molecule has 0 amide bonds. The number of ketones is 1. The average Bonchev–Trinajstić information content (AvgIpc) is 2.73. The van der Waals surface area contributed by atoms with Crippen molar-refractivity contribution in [2.75, 3.05) is 0 Å². The Morgan fingerprint density at radius 2 is 2.12 bits per heavy atom. The van der Waals surface area contributed by atoms with Crippen molar-refractivity contribution in [1.29, 1.82) is 0 Å². The van der Waals surface area contributed by atoms with Gasteiger partial charge < -0.3 is 4.57 Å². The number of aryl methyl sites for hydroxylation is 2. The standard InChI is InChI=1S/C11H12N4O/c1-15-5-4-14-11(15)3-2-10(16)9-6-12-8-13-7-9/h4-8H,2-3H2,1H3. The SMILES string of the molecule is Cn1ccnc1CCC(=O)c1cncnc1. The Morgan fingerprint density at radius 3 is 2.75 bits per heavy atom. The minimum absolute atomic E-state index is 0.0450. The summed E-state index contributed by atoms with van der Waals surface area (Å²) in [5.74, 6) is 0.953. The van der Waals surface area contributed by atoms with Gasteiger partial charge in [-0.25, -0.2) is 15.0 Å². The number of rotatable bonds is 4. The van der Waals surface area contributed by atoms with E-state index in [0.717, 1.165) is 5.82 Å². The van der Waals surface area contributed by atoms with E-state index in [0.29, 0.717) is 18.4 Å². The van der Waals surface area contributed by atoms with Crippen LogP contribution in [0.25, 0.3) is 0 Å². The summed E-state index contributed by atoms with van der Waals surface area (Å²) in [6.45, 7) is 0. The van der Waals surface area contributed by atoms with E-state index in [1.807, 2.05) is 17.8 Å². The van der Waals surface area contributed by atoms with Crippen molar-refractivity contribution in [2.24, 2.45) is 7.05 Å². The normalized spacial score (nSPS) is 10.3. The third kappa shape index (κ3) is 2.31. The molecule has 0 aliphatic rings. The molecule has 2 aromatic rings. The molecule has 0 aliphatic carbocycles. The molecule has 2 aromatic heterocycles. The summed E-state index contributed by atoms with van der Waals surface area (Å²) in [4.78, 5) is 23.5. The maximum Gasteiger partial charge on any atom is 0.166 e. The van der Waals surface area contributed by atoms with Gasteiger partial charge in [0.15, 0.2) is 5.78 Å². The smallest absolute Gasteiger partial charge is 0.166 e. The van der Waals surface area contributed by atoms with Gasteiger partial charge >= 0.3 is 0 Å². The Bertz CT molecular complexity index is 478. The summed E-state index contributed by atoms with van der Waals surface area (Å²) in [6.07, 6.45) is 9.14. The van der Waals surface area contributed by atoms with Gasteiger partial charge in [-0.3, -0.25) is 4.79 Å². The Balaban J connectivity index is 1.97. The molecule has 0 unspecified atom stereocenters. The molecule has 0 atom stereocenters. The van der Waals surface area contributed by atoms with E-state index < -0.39 is 0 Å². The summed E-state index contributed by atoms with van der Waals surface area (Å²) in [6, 6.07) is 0. The zero-order valence-electron chi connectivity index (χ0n) is 9.00. The Morgan fingerprint density at radius 1 is 1.38 bits per heavy atom. The van der Waals surface area contributed by atoms with Crippen molar-refractivity contribution in [3.63, 3.8) is 0 Å². The van der Waals surface area contributed by atoms with Crippen LogP contribution in [0.15, 0.2) is 31.1 Å². The quantitative estimate of drug-likeness (QED) is 0.716. The predicted octanol–water partition coefficient (Wildman–Crippen LogP) is 1.03. The third-order valence-corrected chi connectivity index (χ3v) is 2.38. The number of carbonyl (C=O) groups excluding carboxylic acids is 1. The molecule has 2 heterocycles. The van der Waals surface area contributed by atoms with Crippen molar-refractivity contribution in [3.05, 3.63) is 42.5 Å². The summed E-state index contributed by atoms with van der Waals surface area (Å²) >= 11 is 0. The van der Waals surface area contributed by atoms with Crippen LogP contribution in [0.4, 0.5) is 0 Å². The second-order valence-electron chi connectivity index (χ2n) is 3.50. The zero-order chi connectivity index (χ0) is 11.4. The molecule has 82 valence electrons. The third-order valence-electron chi connectivity index (χ3n) is 2.38. The van der Waals surface area contributed by atoms with Gasteiger partial charge in [-0.1, -0.05) is 0 Å². The minimum Gasteiger partial charge on any atom is -0.338 e. The highest BCUT2D eigenvalue weighted by molar-refractivity contribution is 5.95. The Kier molecular flexibility index (Phi) is 3.05. The summed E-state index contributed by atoms with van der Waals surface area (Å²) in [7, 11) is 1.92. The number of hydrogen-bond acceptors (Lipinski definition) is 4.